The third-order valence-electron chi connectivity index (χ3n) is 11.0. The van der Waals surface area contributed by atoms with Gasteiger partial charge >= 0.3 is 0 Å². The lowest BCUT2D eigenvalue weighted by atomic mass is 10.1. The van der Waals surface area contributed by atoms with E-state index in [4.69, 9.17) is 25.5 Å². The topological polar surface area (TPSA) is 300 Å². The van der Waals surface area contributed by atoms with E-state index in [1.54, 1.807) is 52.9 Å². The lowest BCUT2D eigenvalue weighted by Crippen LogP contribution is -2.36. The zero-order valence-corrected chi connectivity index (χ0v) is 38.7. The van der Waals surface area contributed by atoms with Crippen LogP contribution < -0.4 is 31.6 Å². The lowest BCUT2D eigenvalue weighted by Gasteiger charge is -2.20. The van der Waals surface area contributed by atoms with E-state index in [2.05, 4.69) is 43.5 Å². The van der Waals surface area contributed by atoms with Crippen LogP contribution in [0.25, 0.3) is 22.1 Å². The van der Waals surface area contributed by atoms with Crippen molar-refractivity contribution in [3.05, 3.63) is 82.5 Å². The van der Waals surface area contributed by atoms with Crippen molar-refractivity contribution >= 4 is 87.9 Å². The van der Waals surface area contributed by atoms with Gasteiger partial charge in [-0.2, -0.15) is 17.7 Å². The van der Waals surface area contributed by atoms with E-state index in [1.165, 1.54) is 42.3 Å². The number of nitrogens with zero attached hydrogens (tertiary/aromatic N) is 9. The number of methoxy groups -OCH3 is 1. The first-order chi connectivity index (χ1) is 32.5. The predicted molar refractivity (Wildman–Crippen MR) is 248 cm³/mol. The molecule has 6 N–H and O–H groups in total. The molecule has 5 heterocycles. The molecule has 1 aliphatic rings. The van der Waals surface area contributed by atoms with Crippen molar-refractivity contribution in [2.75, 3.05) is 44.5 Å². The van der Waals surface area contributed by atoms with Crippen molar-refractivity contribution in [2.45, 2.75) is 64.9 Å². The van der Waals surface area contributed by atoms with E-state index in [0.717, 1.165) is 4.90 Å². The number of likely N-dealkylation sites (tertiary alicyclic amines) is 1. The van der Waals surface area contributed by atoms with Crippen LogP contribution in [0.3, 0.4) is 0 Å². The van der Waals surface area contributed by atoms with Gasteiger partial charge in [0.1, 0.15) is 34.0 Å². The van der Waals surface area contributed by atoms with E-state index >= 15 is 0 Å². The molecule has 68 heavy (non-hydrogen) atoms. The molecule has 24 heteroatoms. The number of rotatable bonds is 20. The Balaban J connectivity index is 1.17. The van der Waals surface area contributed by atoms with Crippen molar-refractivity contribution in [1.29, 1.82) is 0 Å². The number of aromatic nitrogens is 7. The van der Waals surface area contributed by atoms with E-state index < -0.39 is 34.8 Å². The first-order valence-corrected chi connectivity index (χ1v) is 21.9. The van der Waals surface area contributed by atoms with E-state index in [0.29, 0.717) is 46.7 Å². The largest absolute Gasteiger partial charge is 0.494 e. The summed E-state index contributed by atoms with van der Waals surface area (Å²) in [6, 6.07) is 9.01. The number of nitrogens with two attached hydrogens (primary N) is 2. The summed E-state index contributed by atoms with van der Waals surface area (Å²) >= 11 is 4.13. The number of anilines is 2. The SMILES string of the molecule is CCn1nc(C)cc1C(=O)Nc1nc2cc(C(N)=O)cc(OC)c2n1C/C=C/Cn1c(NC(=O)c2cc(C)on2)nc2cc(C(N)=O)cc(OCCCN(C)C(=O)CCN3C(=O)CC(S)C3=O)c21. The molecule has 0 aliphatic carbocycles. The molecule has 6 aromatic rings. The Morgan fingerprint density at radius 3 is 2.04 bits per heavy atom. The third-order valence-corrected chi connectivity index (χ3v) is 11.4. The van der Waals surface area contributed by atoms with Gasteiger partial charge in [0.15, 0.2) is 5.69 Å². The monoisotopic (exact) mass is 951 g/mol. The second-order valence-electron chi connectivity index (χ2n) is 15.8. The summed E-state index contributed by atoms with van der Waals surface area (Å²) in [6.45, 7) is 6.12. The van der Waals surface area contributed by atoms with Crippen molar-refractivity contribution in [3.63, 3.8) is 0 Å². The van der Waals surface area contributed by atoms with Crippen LogP contribution >= 0.6 is 12.6 Å². The number of aryl methyl sites for hydroxylation is 3. The number of hydrogen-bond acceptors (Lipinski definition) is 15. The standard InChI is InChI=1S/C44H49N13O10S/c1-6-57-30(16-23(2)51-57)41(63)50-44-47-27-18-25(38(45)60)20-31(65-5)36(27)55(44)12-7-8-13-56-37-28(48-43(56)49-40(62)29-17-24(3)67-52-29)19-26(39(46)61)21-32(37)66-15-9-11-53(4)34(58)10-14-54-35(59)22-33(68)42(54)64/h7-8,16-21,33,68H,6,9-15,22H2,1-5H3,(H2,45,60)(H2,46,61)(H,47,50,63)(H,48,49,62)/b8-7+. The summed E-state index contributed by atoms with van der Waals surface area (Å²) < 4.78 is 21.9. The van der Waals surface area contributed by atoms with Crippen LogP contribution in [0, 0.1) is 13.8 Å². The average molecular weight is 952 g/mol. The number of benzene rings is 2. The van der Waals surface area contributed by atoms with Crippen molar-refractivity contribution in [2.24, 2.45) is 11.5 Å². The molecule has 23 nitrogen and oxygen atoms in total. The minimum atomic E-state index is -0.762. The van der Waals surface area contributed by atoms with Gasteiger partial charge in [0.2, 0.25) is 41.4 Å². The molecule has 0 radical (unpaired) electrons. The van der Waals surface area contributed by atoms with Gasteiger partial charge in [-0.05, 0) is 57.5 Å². The lowest BCUT2D eigenvalue weighted by molar-refractivity contribution is -0.139. The second kappa shape index (κ2) is 20.2. The molecule has 1 saturated heterocycles. The highest BCUT2D eigenvalue weighted by molar-refractivity contribution is 7.81. The molecule has 356 valence electrons. The van der Waals surface area contributed by atoms with Crippen LogP contribution in [-0.2, 0) is 34.0 Å². The Kier molecular flexibility index (Phi) is 14.3. The zero-order chi connectivity index (χ0) is 49.0. The molecule has 0 spiro atoms. The molecular weight excluding hydrogens is 903 g/mol. The average Bonchev–Trinajstić information content (AvgIpc) is 4.12. The quantitative estimate of drug-likeness (QED) is 0.0318. The molecular formula is C44H49N13O10S. The molecule has 0 saturated carbocycles. The Morgan fingerprint density at radius 2 is 1.50 bits per heavy atom. The van der Waals surface area contributed by atoms with E-state index in [9.17, 15) is 33.6 Å². The summed E-state index contributed by atoms with van der Waals surface area (Å²) in [4.78, 5) is 101. The van der Waals surface area contributed by atoms with Gasteiger partial charge < -0.3 is 39.5 Å². The number of fused-ring (bicyclic) bond motifs is 2. The number of nitrogens with one attached hydrogen (secondary N) is 2. The fourth-order valence-electron chi connectivity index (χ4n) is 7.60. The molecule has 1 unspecified atom stereocenters. The molecule has 1 atom stereocenters. The van der Waals surface area contributed by atoms with Crippen LogP contribution in [0.2, 0.25) is 0 Å². The molecule has 1 aliphatic heterocycles. The number of ether oxygens (including phenoxy) is 2. The van der Waals surface area contributed by atoms with Crippen molar-refractivity contribution < 1.29 is 47.6 Å². The van der Waals surface area contributed by atoms with Crippen LogP contribution in [0.5, 0.6) is 11.5 Å². The maximum Gasteiger partial charge on any atom is 0.280 e. The number of amides is 7. The highest BCUT2D eigenvalue weighted by Crippen LogP contribution is 2.33. The minimum absolute atomic E-state index is 0.00656. The fraction of sp³-hybridized carbons (Fsp3) is 0.341. The van der Waals surface area contributed by atoms with Gasteiger partial charge in [0, 0.05) is 69.8 Å². The normalized spacial score (nSPS) is 13.8. The molecule has 1 fully saturated rings. The van der Waals surface area contributed by atoms with Crippen molar-refractivity contribution in [1.82, 2.24) is 43.8 Å². The Hall–Kier alpha value is -8.02. The number of thiol groups is 1. The van der Waals surface area contributed by atoms with Gasteiger partial charge in [0.25, 0.3) is 11.8 Å². The molecule has 7 amide bonds. The Labute approximate surface area is 393 Å². The first-order valence-electron chi connectivity index (χ1n) is 21.3. The Morgan fingerprint density at radius 1 is 0.897 bits per heavy atom. The number of allylic oxidation sites excluding steroid dienone is 2. The summed E-state index contributed by atoms with van der Waals surface area (Å²) in [5.41, 5.74) is 13.9. The summed E-state index contributed by atoms with van der Waals surface area (Å²) in [7, 11) is 3.02. The van der Waals surface area contributed by atoms with Gasteiger partial charge in [-0.15, -0.1) is 0 Å². The van der Waals surface area contributed by atoms with Gasteiger partial charge in [-0.25, -0.2) is 9.97 Å². The molecule has 4 aromatic heterocycles. The van der Waals surface area contributed by atoms with Crippen LogP contribution in [-0.4, -0.2) is 124 Å². The molecule has 0 bridgehead atoms. The summed E-state index contributed by atoms with van der Waals surface area (Å²) in [5.74, 6) is -2.61. The van der Waals surface area contributed by atoms with Gasteiger partial charge in [-0.3, -0.25) is 53.8 Å². The van der Waals surface area contributed by atoms with Crippen LogP contribution in [0.1, 0.15) is 79.3 Å². The van der Waals surface area contributed by atoms with E-state index in [1.807, 2.05) is 6.92 Å². The third kappa shape index (κ3) is 10.2. The first kappa shape index (κ1) is 47.9. The van der Waals surface area contributed by atoms with Crippen LogP contribution in [0.4, 0.5) is 11.9 Å². The highest BCUT2D eigenvalue weighted by atomic mass is 32.1. The maximum atomic E-state index is 13.7. The number of hydrogen-bond donors (Lipinski definition) is 5. The summed E-state index contributed by atoms with van der Waals surface area (Å²) in [5, 5.41) is 13.1. The highest BCUT2D eigenvalue weighted by Gasteiger charge is 2.36. The van der Waals surface area contributed by atoms with Crippen LogP contribution in [0.15, 0.2) is 53.1 Å². The number of carbonyl (C=O) groups is 7. The number of primary amides is 2. The van der Waals surface area contributed by atoms with Crippen molar-refractivity contribution in [3.8, 4) is 11.5 Å². The predicted octanol–water partition coefficient (Wildman–Crippen LogP) is 2.85. The van der Waals surface area contributed by atoms with E-state index in [-0.39, 0.29) is 103 Å². The van der Waals surface area contributed by atoms with Gasteiger partial charge in [0.05, 0.1) is 35.7 Å². The minimum Gasteiger partial charge on any atom is -0.494 e. The number of imidazole rings is 2. The smallest absolute Gasteiger partial charge is 0.280 e. The zero-order valence-electron chi connectivity index (χ0n) is 37.8. The maximum absolute atomic E-state index is 13.7. The second-order valence-corrected chi connectivity index (χ2v) is 16.4. The Bertz CT molecular complexity index is 3020. The summed E-state index contributed by atoms with van der Waals surface area (Å²) in [6.07, 6.45) is 3.80. The molecule has 7 rings (SSSR count). The van der Waals surface area contributed by atoms with Gasteiger partial charge in [-0.1, -0.05) is 17.3 Å². The molecule has 2 aromatic carbocycles. The number of imide groups is 1. The number of carbonyl (C=O) groups excluding carboxylic acids is 7. The fourth-order valence-corrected chi connectivity index (χ4v) is 7.89.